The number of amides is 1. The zero-order valence-corrected chi connectivity index (χ0v) is 21.8. The Morgan fingerprint density at radius 2 is 1.97 bits per heavy atom. The monoisotopic (exact) mass is 554 g/mol. The summed E-state index contributed by atoms with van der Waals surface area (Å²) in [7, 11) is 4.00. The van der Waals surface area contributed by atoms with E-state index in [0.717, 1.165) is 47.6 Å². The molecular formula is C23H35IN6O2. The molecule has 0 unspecified atom stereocenters. The minimum Gasteiger partial charge on any atom is -0.450 e. The number of nitrogens with one attached hydrogen (secondary N) is 2. The van der Waals surface area contributed by atoms with Gasteiger partial charge in [-0.15, -0.1) is 24.0 Å². The minimum atomic E-state index is -0.220. The number of nitrogens with zero attached hydrogens (tertiary/aromatic N) is 4. The lowest BCUT2D eigenvalue weighted by molar-refractivity contribution is 0.0963. The number of anilines is 1. The van der Waals surface area contributed by atoms with Gasteiger partial charge in [0.1, 0.15) is 5.82 Å². The molecular weight excluding hydrogens is 519 g/mol. The van der Waals surface area contributed by atoms with Gasteiger partial charge in [-0.05, 0) is 44.4 Å². The second-order valence-electron chi connectivity index (χ2n) is 7.85. The number of halogens is 1. The lowest BCUT2D eigenvalue weighted by atomic mass is 10.1. The van der Waals surface area contributed by atoms with E-state index in [0.29, 0.717) is 26.2 Å². The summed E-state index contributed by atoms with van der Waals surface area (Å²) >= 11 is 0. The Hall–Kier alpha value is -2.30. The molecule has 1 aromatic carbocycles. The van der Waals surface area contributed by atoms with E-state index in [-0.39, 0.29) is 36.1 Å². The molecule has 1 aromatic heterocycles. The number of aromatic nitrogens is 1. The number of carbonyl (C=O) groups excluding carboxylic acids is 1. The van der Waals surface area contributed by atoms with E-state index in [1.165, 1.54) is 0 Å². The maximum Gasteiger partial charge on any atom is 0.409 e. The van der Waals surface area contributed by atoms with Crippen LogP contribution in [0.1, 0.15) is 32.3 Å². The van der Waals surface area contributed by atoms with Crippen LogP contribution in [0.3, 0.4) is 0 Å². The first-order chi connectivity index (χ1) is 15.0. The molecule has 0 atom stereocenters. The molecule has 2 N–H and O–H groups in total. The summed E-state index contributed by atoms with van der Waals surface area (Å²) in [6.07, 6.45) is 1.51. The number of hydrogen-bond donors (Lipinski definition) is 2. The van der Waals surface area contributed by atoms with Crippen molar-refractivity contribution in [1.82, 2.24) is 20.5 Å². The highest BCUT2D eigenvalue weighted by atomic mass is 127. The predicted octanol–water partition coefficient (Wildman–Crippen LogP) is 3.59. The fourth-order valence-electron chi connectivity index (χ4n) is 3.69. The molecule has 0 radical (unpaired) electrons. The molecule has 1 amide bonds. The summed E-state index contributed by atoms with van der Waals surface area (Å²) in [5.74, 6) is 1.72. The van der Waals surface area contributed by atoms with Crippen LogP contribution in [0.4, 0.5) is 10.6 Å². The van der Waals surface area contributed by atoms with Gasteiger partial charge in [0, 0.05) is 45.2 Å². The van der Waals surface area contributed by atoms with Gasteiger partial charge in [0.25, 0.3) is 0 Å². The number of fused-ring (bicyclic) bond motifs is 1. The number of carbonyl (C=O) groups is 1. The van der Waals surface area contributed by atoms with Crippen molar-refractivity contribution in [3.8, 4) is 0 Å². The summed E-state index contributed by atoms with van der Waals surface area (Å²) < 4.78 is 5.11. The molecule has 32 heavy (non-hydrogen) atoms. The zero-order chi connectivity index (χ0) is 22.2. The van der Waals surface area contributed by atoms with Crippen molar-refractivity contribution in [2.75, 3.05) is 45.2 Å². The number of benzene rings is 1. The van der Waals surface area contributed by atoms with Gasteiger partial charge in [0.15, 0.2) is 5.96 Å². The number of ether oxygens (including phenoxy) is 1. The van der Waals surface area contributed by atoms with E-state index in [4.69, 9.17) is 14.7 Å². The molecule has 2 aromatic rings. The Balaban J connectivity index is 0.00000363. The summed E-state index contributed by atoms with van der Waals surface area (Å²) in [5, 5.41) is 8.01. The van der Waals surface area contributed by atoms with Crippen LogP contribution in [0.2, 0.25) is 0 Å². The van der Waals surface area contributed by atoms with Crippen LogP contribution < -0.4 is 15.5 Å². The van der Waals surface area contributed by atoms with Crippen molar-refractivity contribution in [1.29, 1.82) is 0 Å². The Labute approximate surface area is 207 Å². The summed E-state index contributed by atoms with van der Waals surface area (Å²) in [6.45, 7) is 7.03. The number of pyridine rings is 1. The van der Waals surface area contributed by atoms with Crippen molar-refractivity contribution in [2.24, 2.45) is 4.99 Å². The van der Waals surface area contributed by atoms with Gasteiger partial charge in [0.2, 0.25) is 0 Å². The van der Waals surface area contributed by atoms with Crippen molar-refractivity contribution in [2.45, 2.75) is 39.3 Å². The third kappa shape index (κ3) is 6.85. The SMILES string of the molecule is CCNC(=NCc1cc(N(C)C)nc2ccccc12)NC1CCN(C(=O)OCC)CC1.I. The van der Waals surface area contributed by atoms with E-state index >= 15 is 0 Å². The fraction of sp³-hybridized carbons (Fsp3) is 0.522. The van der Waals surface area contributed by atoms with Crippen LogP contribution in [0.15, 0.2) is 35.3 Å². The Morgan fingerprint density at radius 1 is 1.25 bits per heavy atom. The van der Waals surface area contributed by atoms with Gasteiger partial charge < -0.3 is 25.2 Å². The summed E-state index contributed by atoms with van der Waals surface area (Å²) in [4.78, 5) is 25.3. The van der Waals surface area contributed by atoms with Crippen molar-refractivity contribution in [3.63, 3.8) is 0 Å². The number of piperidine rings is 1. The summed E-state index contributed by atoms with van der Waals surface area (Å²) in [5.41, 5.74) is 2.12. The first kappa shape index (κ1) is 26.0. The molecule has 176 valence electrons. The first-order valence-corrected chi connectivity index (χ1v) is 11.0. The topological polar surface area (TPSA) is 82.1 Å². The number of guanidine groups is 1. The number of hydrogen-bond acceptors (Lipinski definition) is 5. The van der Waals surface area contributed by atoms with E-state index in [1.807, 2.05) is 44.1 Å². The van der Waals surface area contributed by atoms with Crippen molar-refractivity contribution < 1.29 is 9.53 Å². The van der Waals surface area contributed by atoms with Crippen LogP contribution >= 0.6 is 24.0 Å². The maximum atomic E-state index is 11.9. The first-order valence-electron chi connectivity index (χ1n) is 11.0. The highest BCUT2D eigenvalue weighted by Gasteiger charge is 2.24. The molecule has 0 bridgehead atoms. The smallest absolute Gasteiger partial charge is 0.409 e. The molecule has 1 aliphatic rings. The van der Waals surface area contributed by atoms with Gasteiger partial charge >= 0.3 is 6.09 Å². The molecule has 3 rings (SSSR count). The summed E-state index contributed by atoms with van der Waals surface area (Å²) in [6, 6.07) is 10.6. The predicted molar refractivity (Wildman–Crippen MR) is 141 cm³/mol. The lowest BCUT2D eigenvalue weighted by Crippen LogP contribution is -2.49. The number of para-hydroxylation sites is 1. The second-order valence-corrected chi connectivity index (χ2v) is 7.85. The van der Waals surface area contributed by atoms with Crippen LogP contribution in [0, 0.1) is 0 Å². The highest BCUT2D eigenvalue weighted by molar-refractivity contribution is 14.0. The molecule has 1 aliphatic heterocycles. The lowest BCUT2D eigenvalue weighted by Gasteiger charge is -2.32. The second kappa shape index (κ2) is 12.7. The van der Waals surface area contributed by atoms with Crippen molar-refractivity contribution in [3.05, 3.63) is 35.9 Å². The average Bonchev–Trinajstić information content (AvgIpc) is 2.77. The van der Waals surface area contributed by atoms with E-state index in [1.54, 1.807) is 4.90 Å². The Kier molecular flexibility index (Phi) is 10.3. The standard InChI is InChI=1S/C23H34N6O2.HI/c1-5-24-22(26-18-11-13-29(14-12-18)23(30)31-6-2)25-16-17-15-21(28(3)4)27-20-10-8-7-9-19(17)20;/h7-10,15,18H,5-6,11-14,16H2,1-4H3,(H2,24,25,26);1H. The van der Waals surface area contributed by atoms with Gasteiger partial charge in [-0.2, -0.15) is 0 Å². The quantitative estimate of drug-likeness (QED) is 0.323. The van der Waals surface area contributed by atoms with E-state index in [2.05, 4.69) is 29.7 Å². The maximum absolute atomic E-state index is 11.9. The van der Waals surface area contributed by atoms with Gasteiger partial charge in [0.05, 0.1) is 18.7 Å². The molecule has 1 fully saturated rings. The Morgan fingerprint density at radius 3 is 2.62 bits per heavy atom. The average molecular weight is 554 g/mol. The Bertz CT molecular complexity index is 912. The fourth-order valence-corrected chi connectivity index (χ4v) is 3.69. The largest absolute Gasteiger partial charge is 0.450 e. The third-order valence-electron chi connectivity index (χ3n) is 5.36. The van der Waals surface area contributed by atoms with Gasteiger partial charge in [-0.25, -0.2) is 14.8 Å². The molecule has 9 heteroatoms. The molecule has 0 aliphatic carbocycles. The van der Waals surface area contributed by atoms with Gasteiger partial charge in [-0.3, -0.25) is 0 Å². The van der Waals surface area contributed by atoms with Crippen LogP contribution in [0.5, 0.6) is 0 Å². The normalized spacial score (nSPS) is 14.6. The number of aliphatic imine (C=N–C) groups is 1. The zero-order valence-electron chi connectivity index (χ0n) is 19.4. The third-order valence-corrected chi connectivity index (χ3v) is 5.36. The van der Waals surface area contributed by atoms with Crippen LogP contribution in [0.25, 0.3) is 10.9 Å². The molecule has 0 spiro atoms. The van der Waals surface area contributed by atoms with E-state index in [9.17, 15) is 4.79 Å². The van der Waals surface area contributed by atoms with Crippen molar-refractivity contribution >= 4 is 52.8 Å². The molecule has 1 saturated heterocycles. The van der Waals surface area contributed by atoms with Gasteiger partial charge in [-0.1, -0.05) is 18.2 Å². The number of likely N-dealkylation sites (tertiary alicyclic amines) is 1. The molecule has 8 nitrogen and oxygen atoms in total. The van der Waals surface area contributed by atoms with E-state index < -0.39 is 0 Å². The molecule has 2 heterocycles. The number of rotatable bonds is 6. The van der Waals surface area contributed by atoms with Crippen LogP contribution in [-0.4, -0.2) is 68.3 Å². The van der Waals surface area contributed by atoms with Crippen LogP contribution in [-0.2, 0) is 11.3 Å². The minimum absolute atomic E-state index is 0. The highest BCUT2D eigenvalue weighted by Crippen LogP contribution is 2.22. The molecule has 0 saturated carbocycles.